The van der Waals surface area contributed by atoms with Crippen molar-refractivity contribution in [2.45, 2.75) is 37.6 Å². The summed E-state index contributed by atoms with van der Waals surface area (Å²) < 4.78 is 23.5. The van der Waals surface area contributed by atoms with Crippen molar-refractivity contribution in [1.29, 1.82) is 0 Å². The maximum Gasteiger partial charge on any atom is 0.326 e. The number of carboxylic acid groups (broad SMARTS) is 1. The molecule has 1 amide bonds. The second-order valence-electron chi connectivity index (χ2n) is 5.68. The first kappa shape index (κ1) is 16.5. The number of carbonyl (C=O) groups is 2. The van der Waals surface area contributed by atoms with Crippen LogP contribution in [0.4, 0.5) is 0 Å². The van der Waals surface area contributed by atoms with Crippen LogP contribution in [0.25, 0.3) is 0 Å². The van der Waals surface area contributed by atoms with Crippen molar-refractivity contribution in [1.82, 2.24) is 4.90 Å². The Labute approximate surface area is 129 Å². The van der Waals surface area contributed by atoms with Crippen LogP contribution < -0.4 is 0 Å². The molecular weight excluding hydrogens is 306 g/mol. The van der Waals surface area contributed by atoms with Crippen molar-refractivity contribution >= 4 is 21.7 Å². The van der Waals surface area contributed by atoms with E-state index >= 15 is 0 Å². The van der Waals surface area contributed by atoms with Crippen molar-refractivity contribution in [2.24, 2.45) is 0 Å². The highest BCUT2D eigenvalue weighted by Gasteiger charge is 2.35. The van der Waals surface area contributed by atoms with Crippen LogP contribution in [-0.2, 0) is 14.6 Å². The molecule has 2 rings (SSSR count). The molecule has 0 saturated carbocycles. The Morgan fingerprint density at radius 1 is 1.27 bits per heavy atom. The summed E-state index contributed by atoms with van der Waals surface area (Å²) in [5.74, 6) is -1.45. The zero-order valence-electron chi connectivity index (χ0n) is 12.8. The lowest BCUT2D eigenvalue weighted by atomic mass is 10.0. The molecule has 0 aromatic heterocycles. The van der Waals surface area contributed by atoms with Crippen LogP contribution >= 0.6 is 0 Å². The van der Waals surface area contributed by atoms with E-state index in [1.165, 1.54) is 17.0 Å². The van der Waals surface area contributed by atoms with E-state index in [9.17, 15) is 23.1 Å². The van der Waals surface area contributed by atoms with Gasteiger partial charge in [-0.25, -0.2) is 13.2 Å². The highest BCUT2D eigenvalue weighted by atomic mass is 32.2. The van der Waals surface area contributed by atoms with Crippen LogP contribution in [0.3, 0.4) is 0 Å². The lowest BCUT2D eigenvalue weighted by Gasteiger charge is -2.23. The maximum atomic E-state index is 12.7. The molecule has 1 N–H and O–H groups in total. The van der Waals surface area contributed by atoms with E-state index in [2.05, 4.69) is 0 Å². The molecule has 1 heterocycles. The fourth-order valence-corrected chi connectivity index (χ4v) is 3.41. The number of benzene rings is 1. The van der Waals surface area contributed by atoms with Crippen molar-refractivity contribution in [2.75, 3.05) is 12.8 Å². The van der Waals surface area contributed by atoms with Gasteiger partial charge in [-0.1, -0.05) is 0 Å². The third-order valence-electron chi connectivity index (χ3n) is 4.10. The first-order valence-corrected chi connectivity index (χ1v) is 8.87. The molecule has 0 bridgehead atoms. The van der Waals surface area contributed by atoms with E-state index in [0.717, 1.165) is 6.26 Å². The maximum absolute atomic E-state index is 12.7. The van der Waals surface area contributed by atoms with Crippen molar-refractivity contribution < 1.29 is 23.1 Å². The summed E-state index contributed by atoms with van der Waals surface area (Å²) in [4.78, 5) is 25.3. The summed E-state index contributed by atoms with van der Waals surface area (Å²) in [6.07, 6.45) is 2.14. The molecule has 22 heavy (non-hydrogen) atoms. The molecule has 120 valence electrons. The fraction of sp³-hybridized carbons (Fsp3) is 0.467. The number of nitrogens with zero attached hydrogens (tertiary/aromatic N) is 1. The minimum Gasteiger partial charge on any atom is -0.480 e. The molecule has 6 nitrogen and oxygen atoms in total. The monoisotopic (exact) mass is 325 g/mol. The molecular formula is C15H19NO5S. The van der Waals surface area contributed by atoms with E-state index in [1.807, 2.05) is 0 Å². The van der Waals surface area contributed by atoms with Crippen LogP contribution in [-0.4, -0.2) is 49.1 Å². The Bertz CT molecular complexity index is 739. The fourth-order valence-electron chi connectivity index (χ4n) is 2.68. The molecule has 1 aliphatic heterocycles. The van der Waals surface area contributed by atoms with Gasteiger partial charge in [0, 0.05) is 18.4 Å². The number of sulfone groups is 1. The number of rotatable bonds is 3. The van der Waals surface area contributed by atoms with Crippen LogP contribution in [0.1, 0.15) is 34.3 Å². The van der Waals surface area contributed by atoms with Gasteiger partial charge in [0.15, 0.2) is 9.84 Å². The van der Waals surface area contributed by atoms with E-state index in [4.69, 9.17) is 0 Å². The van der Waals surface area contributed by atoms with Gasteiger partial charge in [0.05, 0.1) is 4.90 Å². The Hall–Kier alpha value is -1.89. The molecule has 1 aromatic rings. The molecule has 1 aromatic carbocycles. The predicted molar refractivity (Wildman–Crippen MR) is 80.7 cm³/mol. The second-order valence-corrected chi connectivity index (χ2v) is 7.70. The molecule has 0 spiro atoms. The molecule has 1 aliphatic rings. The number of hydrogen-bond acceptors (Lipinski definition) is 4. The number of carbonyl (C=O) groups excluding carboxylic acids is 1. The van der Waals surface area contributed by atoms with Gasteiger partial charge in [0.1, 0.15) is 6.04 Å². The van der Waals surface area contributed by atoms with Crippen molar-refractivity contribution in [3.05, 3.63) is 28.8 Å². The predicted octanol–water partition coefficient (Wildman–Crippen LogP) is 1.40. The van der Waals surface area contributed by atoms with Gasteiger partial charge in [-0.05, 0) is 49.9 Å². The van der Waals surface area contributed by atoms with Gasteiger partial charge < -0.3 is 10.0 Å². The molecule has 1 saturated heterocycles. The van der Waals surface area contributed by atoms with Crippen LogP contribution in [0.5, 0.6) is 0 Å². The molecule has 0 radical (unpaired) electrons. The lowest BCUT2D eigenvalue weighted by molar-refractivity contribution is -0.141. The Morgan fingerprint density at radius 2 is 1.91 bits per heavy atom. The van der Waals surface area contributed by atoms with Gasteiger partial charge in [-0.2, -0.15) is 0 Å². The smallest absolute Gasteiger partial charge is 0.326 e. The highest BCUT2D eigenvalue weighted by molar-refractivity contribution is 7.90. The molecule has 7 heteroatoms. The minimum absolute atomic E-state index is 0.0741. The van der Waals surface area contributed by atoms with Gasteiger partial charge in [-0.15, -0.1) is 0 Å². The third-order valence-corrected chi connectivity index (χ3v) is 5.19. The number of amides is 1. The van der Waals surface area contributed by atoms with E-state index < -0.39 is 27.8 Å². The average molecular weight is 325 g/mol. The number of aliphatic carboxylic acids is 1. The van der Waals surface area contributed by atoms with Crippen molar-refractivity contribution in [3.8, 4) is 0 Å². The summed E-state index contributed by atoms with van der Waals surface area (Å²) in [6.45, 7) is 3.84. The summed E-state index contributed by atoms with van der Waals surface area (Å²) in [5.41, 5.74) is 1.62. The van der Waals surface area contributed by atoms with Crippen LogP contribution in [0.2, 0.25) is 0 Å². The Kier molecular flexibility index (Phi) is 4.28. The summed E-state index contributed by atoms with van der Waals surface area (Å²) >= 11 is 0. The number of likely N-dealkylation sites (tertiary alicyclic amines) is 1. The third kappa shape index (κ3) is 2.99. The van der Waals surface area contributed by atoms with Crippen molar-refractivity contribution in [3.63, 3.8) is 0 Å². The quantitative estimate of drug-likeness (QED) is 0.907. The molecule has 1 unspecified atom stereocenters. The topological polar surface area (TPSA) is 91.8 Å². The average Bonchev–Trinajstić information content (AvgIpc) is 2.89. The summed E-state index contributed by atoms with van der Waals surface area (Å²) in [6, 6.07) is 2.03. The molecule has 0 aliphatic carbocycles. The Morgan fingerprint density at radius 3 is 2.45 bits per heavy atom. The second kappa shape index (κ2) is 5.72. The van der Waals surface area contributed by atoms with E-state index in [-0.39, 0.29) is 10.5 Å². The summed E-state index contributed by atoms with van der Waals surface area (Å²) in [5, 5.41) is 9.20. The molecule has 1 atom stereocenters. The Balaban J connectivity index is 2.50. The number of carboxylic acids is 1. The standard InChI is InChI=1S/C15H19NO5S/c1-9-7-11(22(3,20)21)8-12(10(9)2)14(17)16-6-4-5-13(16)15(18)19/h7-8,13H,4-6H2,1-3H3,(H,18,19). The van der Waals surface area contributed by atoms with Crippen LogP contribution in [0, 0.1) is 13.8 Å². The summed E-state index contributed by atoms with van der Waals surface area (Å²) in [7, 11) is -3.44. The number of aryl methyl sites for hydroxylation is 1. The van der Waals surface area contributed by atoms with Gasteiger partial charge in [-0.3, -0.25) is 4.79 Å². The normalized spacial score (nSPS) is 18.5. The SMILES string of the molecule is Cc1cc(S(C)(=O)=O)cc(C(=O)N2CCCC2C(=O)O)c1C. The molecule has 1 fully saturated rings. The zero-order valence-corrected chi connectivity index (χ0v) is 13.6. The van der Waals surface area contributed by atoms with Gasteiger partial charge >= 0.3 is 5.97 Å². The minimum atomic E-state index is -3.44. The van der Waals surface area contributed by atoms with Gasteiger partial charge in [0.2, 0.25) is 0 Å². The van der Waals surface area contributed by atoms with E-state index in [0.29, 0.717) is 30.5 Å². The first-order chi connectivity index (χ1) is 10.1. The number of hydrogen-bond donors (Lipinski definition) is 1. The zero-order chi connectivity index (χ0) is 16.7. The van der Waals surface area contributed by atoms with Gasteiger partial charge in [0.25, 0.3) is 5.91 Å². The first-order valence-electron chi connectivity index (χ1n) is 6.98. The van der Waals surface area contributed by atoms with Crippen LogP contribution in [0.15, 0.2) is 17.0 Å². The van der Waals surface area contributed by atoms with E-state index in [1.54, 1.807) is 13.8 Å². The largest absolute Gasteiger partial charge is 0.480 e. The lowest BCUT2D eigenvalue weighted by Crippen LogP contribution is -2.40. The highest BCUT2D eigenvalue weighted by Crippen LogP contribution is 2.25.